The Kier molecular flexibility index (Phi) is 26.1. The van der Waals surface area contributed by atoms with Crippen LogP contribution in [0.15, 0.2) is 0 Å². The molecule has 0 aromatic carbocycles. The second-order valence-electron chi connectivity index (χ2n) is 0.129. The summed E-state index contributed by atoms with van der Waals surface area (Å²) in [6.07, 6.45) is 5.40. The van der Waals surface area contributed by atoms with E-state index in [0.717, 1.165) is 0 Å². The third-order valence-electron chi connectivity index (χ3n) is 0. The Hall–Kier alpha value is 0.0483. The Balaban J connectivity index is 0. The molecule has 0 radical (unpaired) electrons. The first-order chi connectivity index (χ1) is 1.41. The Morgan fingerprint density at radius 1 is 1.75 bits per heavy atom. The van der Waals surface area contributed by atoms with Gasteiger partial charge in [-0.05, 0) is 0 Å². The van der Waals surface area contributed by atoms with Gasteiger partial charge in [-0.2, -0.15) is 0 Å². The molecule has 0 amide bonds. The first-order valence-electron chi connectivity index (χ1n) is 0.512. The SMILES string of the molecule is C#CO.[Pt]. The molecule has 0 unspecified atom stereocenters. The second kappa shape index (κ2) is 11.6. The van der Waals surface area contributed by atoms with Crippen molar-refractivity contribution in [1.29, 1.82) is 0 Å². The Bertz CT molecular complexity index is 27.5. The third-order valence-corrected chi connectivity index (χ3v) is 0. The summed E-state index contributed by atoms with van der Waals surface area (Å²) < 4.78 is 0. The Labute approximate surface area is 39.3 Å². The average molecular weight is 237 g/mol. The van der Waals surface area contributed by atoms with Gasteiger partial charge in [0.15, 0.2) is 0 Å². The fourth-order valence-corrected chi connectivity index (χ4v) is 0. The van der Waals surface area contributed by atoms with Gasteiger partial charge in [0.2, 0.25) is 0 Å². The van der Waals surface area contributed by atoms with E-state index in [2.05, 4.69) is 6.42 Å². The van der Waals surface area contributed by atoms with Crippen molar-refractivity contribution >= 4 is 0 Å². The van der Waals surface area contributed by atoms with E-state index < -0.39 is 0 Å². The first kappa shape index (κ1) is 8.97. The number of aliphatic hydroxyl groups excluding tert-OH is 1. The molecule has 0 saturated heterocycles. The molecule has 0 rings (SSSR count). The van der Waals surface area contributed by atoms with Crippen LogP contribution in [0.3, 0.4) is 0 Å². The average Bonchev–Trinajstić information content (AvgIpc) is 0.918. The minimum Gasteiger partial charge on any atom is -0.462 e. The maximum absolute atomic E-state index is 7.10. The summed E-state index contributed by atoms with van der Waals surface area (Å²) in [6, 6.07) is 0. The second-order valence-corrected chi connectivity index (χ2v) is 0.129. The zero-order valence-electron chi connectivity index (χ0n) is 1.84. The van der Waals surface area contributed by atoms with Gasteiger partial charge in [0.1, 0.15) is 6.11 Å². The molecule has 26 valence electrons. The number of terminal acetylenes is 1. The first-order valence-corrected chi connectivity index (χ1v) is 0.512. The summed E-state index contributed by atoms with van der Waals surface area (Å²) in [5.74, 6) is 0. The number of rotatable bonds is 0. The minimum atomic E-state index is 0. The molecule has 0 aliphatic rings. The molecule has 0 atom stereocenters. The number of aliphatic hydroxyl groups is 1. The molecular weight excluding hydrogens is 235 g/mol. The molecule has 0 aromatic rings. The zero-order valence-corrected chi connectivity index (χ0v) is 4.11. The van der Waals surface area contributed by atoms with Crippen molar-refractivity contribution < 1.29 is 26.2 Å². The fraction of sp³-hybridized carbons (Fsp3) is 0. The van der Waals surface area contributed by atoms with Crippen LogP contribution in [0.25, 0.3) is 0 Å². The van der Waals surface area contributed by atoms with Crippen LogP contribution in [0.5, 0.6) is 0 Å². The molecule has 0 bridgehead atoms. The maximum atomic E-state index is 7.10. The van der Waals surface area contributed by atoms with E-state index in [9.17, 15) is 0 Å². The molecule has 0 saturated carbocycles. The molecular formula is C2H2OPt. The van der Waals surface area contributed by atoms with Gasteiger partial charge in [-0.25, -0.2) is 0 Å². The molecule has 2 heteroatoms. The van der Waals surface area contributed by atoms with Crippen molar-refractivity contribution in [1.82, 2.24) is 0 Å². The quantitative estimate of drug-likeness (QED) is 0.585. The van der Waals surface area contributed by atoms with Gasteiger partial charge in [-0.15, -0.1) is 0 Å². The van der Waals surface area contributed by atoms with E-state index in [0.29, 0.717) is 0 Å². The molecule has 0 heterocycles. The van der Waals surface area contributed by atoms with Crippen LogP contribution in [-0.4, -0.2) is 5.11 Å². The van der Waals surface area contributed by atoms with E-state index in [1.54, 1.807) is 0 Å². The zero-order chi connectivity index (χ0) is 2.71. The molecule has 0 aromatic heterocycles. The third kappa shape index (κ3) is 964. The van der Waals surface area contributed by atoms with Crippen LogP contribution in [0.2, 0.25) is 0 Å². The van der Waals surface area contributed by atoms with Gasteiger partial charge in [0, 0.05) is 21.1 Å². The van der Waals surface area contributed by atoms with Gasteiger partial charge in [-0.3, -0.25) is 0 Å². The van der Waals surface area contributed by atoms with E-state index >= 15 is 0 Å². The molecule has 1 N–H and O–H groups in total. The predicted octanol–water partition coefficient (Wildman–Crippen LogP) is -0.0529. The molecule has 4 heavy (non-hydrogen) atoms. The van der Waals surface area contributed by atoms with Crippen molar-refractivity contribution in [2.75, 3.05) is 0 Å². The monoisotopic (exact) mass is 237 g/mol. The van der Waals surface area contributed by atoms with Crippen LogP contribution < -0.4 is 0 Å². The summed E-state index contributed by atoms with van der Waals surface area (Å²) in [4.78, 5) is 0. The minimum absolute atomic E-state index is 0. The van der Waals surface area contributed by atoms with E-state index in [1.165, 1.54) is 6.11 Å². The van der Waals surface area contributed by atoms with E-state index in [1.807, 2.05) is 0 Å². The van der Waals surface area contributed by atoms with Crippen molar-refractivity contribution in [3.05, 3.63) is 0 Å². The molecule has 1 nitrogen and oxygen atoms in total. The molecule has 0 fully saturated rings. The number of hydrogen-bond acceptors (Lipinski definition) is 1. The topological polar surface area (TPSA) is 20.2 Å². The van der Waals surface area contributed by atoms with Crippen molar-refractivity contribution in [2.45, 2.75) is 0 Å². The normalized spacial score (nSPS) is 1.75. The summed E-state index contributed by atoms with van der Waals surface area (Å²) in [5, 5.41) is 7.10. The number of hydrogen-bond donors (Lipinski definition) is 1. The van der Waals surface area contributed by atoms with Gasteiger partial charge in [0.25, 0.3) is 0 Å². The summed E-state index contributed by atoms with van der Waals surface area (Å²) in [6.45, 7) is 0. The van der Waals surface area contributed by atoms with Gasteiger partial charge < -0.3 is 5.11 Å². The molecule has 0 spiro atoms. The van der Waals surface area contributed by atoms with Crippen molar-refractivity contribution in [3.63, 3.8) is 0 Å². The largest absolute Gasteiger partial charge is 0.462 e. The predicted molar refractivity (Wildman–Crippen MR) is 10.8 cm³/mol. The van der Waals surface area contributed by atoms with Crippen LogP contribution in [0, 0.1) is 12.5 Å². The van der Waals surface area contributed by atoms with Crippen LogP contribution in [0.1, 0.15) is 0 Å². The Morgan fingerprint density at radius 3 is 1.75 bits per heavy atom. The van der Waals surface area contributed by atoms with Crippen molar-refractivity contribution in [3.8, 4) is 12.5 Å². The summed E-state index contributed by atoms with van der Waals surface area (Å²) in [7, 11) is 0. The van der Waals surface area contributed by atoms with E-state index in [4.69, 9.17) is 5.11 Å². The van der Waals surface area contributed by atoms with Crippen molar-refractivity contribution in [2.24, 2.45) is 0 Å². The van der Waals surface area contributed by atoms with E-state index in [-0.39, 0.29) is 21.1 Å². The standard InChI is InChI=1S/C2H2O.Pt/c1-2-3;/h1,3H;. The smallest absolute Gasteiger partial charge is 0.103 e. The van der Waals surface area contributed by atoms with Gasteiger partial charge in [0.05, 0.1) is 0 Å². The maximum Gasteiger partial charge on any atom is 0.103 e. The van der Waals surface area contributed by atoms with Gasteiger partial charge in [-0.1, -0.05) is 6.42 Å². The molecule has 0 aliphatic heterocycles. The van der Waals surface area contributed by atoms with Crippen LogP contribution in [0.4, 0.5) is 0 Å². The summed E-state index contributed by atoms with van der Waals surface area (Å²) in [5.41, 5.74) is 0. The molecule has 0 aliphatic carbocycles. The van der Waals surface area contributed by atoms with Crippen LogP contribution >= 0.6 is 0 Å². The van der Waals surface area contributed by atoms with Gasteiger partial charge >= 0.3 is 0 Å². The van der Waals surface area contributed by atoms with Crippen LogP contribution in [-0.2, 0) is 21.1 Å². The Morgan fingerprint density at radius 2 is 1.75 bits per heavy atom. The fourth-order valence-electron chi connectivity index (χ4n) is 0. The summed E-state index contributed by atoms with van der Waals surface area (Å²) >= 11 is 0.